The monoisotopic (exact) mass is 266 g/mol. The fourth-order valence-corrected chi connectivity index (χ4v) is 3.26. The van der Waals surface area contributed by atoms with E-state index < -0.39 is 0 Å². The standard InChI is InChI=1S/C15H22N2.ClH/c1-2-4-13(5-3-1)7-10-17-11-8-15-14(12-17)6-9-16-15;/h1-5,14-16H,6-12H2;1H. The molecule has 2 fully saturated rings. The molecule has 2 nitrogen and oxygen atoms in total. The molecule has 0 aliphatic carbocycles. The Morgan fingerprint density at radius 2 is 2.00 bits per heavy atom. The van der Waals surface area contributed by atoms with E-state index in [1.807, 2.05) is 0 Å². The lowest BCUT2D eigenvalue weighted by atomic mass is 9.93. The van der Waals surface area contributed by atoms with E-state index in [2.05, 4.69) is 40.5 Å². The Bertz CT molecular complexity index is 355. The third-order valence-corrected chi connectivity index (χ3v) is 4.30. The van der Waals surface area contributed by atoms with Gasteiger partial charge in [0.1, 0.15) is 0 Å². The number of halogens is 1. The molecule has 0 aromatic heterocycles. The molecule has 0 bridgehead atoms. The summed E-state index contributed by atoms with van der Waals surface area (Å²) < 4.78 is 0. The Labute approximate surface area is 116 Å². The highest BCUT2D eigenvalue weighted by Crippen LogP contribution is 2.24. The summed E-state index contributed by atoms with van der Waals surface area (Å²) in [4.78, 5) is 2.65. The molecule has 0 amide bonds. The quantitative estimate of drug-likeness (QED) is 0.904. The fraction of sp³-hybridized carbons (Fsp3) is 0.600. The van der Waals surface area contributed by atoms with Crippen molar-refractivity contribution in [3.63, 3.8) is 0 Å². The molecule has 1 aromatic rings. The second-order valence-electron chi connectivity index (χ2n) is 5.43. The molecule has 2 unspecified atom stereocenters. The van der Waals surface area contributed by atoms with Gasteiger partial charge in [0.25, 0.3) is 0 Å². The molecule has 1 aromatic carbocycles. The fourth-order valence-electron chi connectivity index (χ4n) is 3.26. The average molecular weight is 267 g/mol. The van der Waals surface area contributed by atoms with Gasteiger partial charge in [-0.3, -0.25) is 0 Å². The van der Waals surface area contributed by atoms with Crippen molar-refractivity contribution in [3.8, 4) is 0 Å². The number of rotatable bonds is 3. The van der Waals surface area contributed by atoms with Gasteiger partial charge in [-0.1, -0.05) is 30.3 Å². The molecule has 1 N–H and O–H groups in total. The minimum Gasteiger partial charge on any atom is -0.314 e. The van der Waals surface area contributed by atoms with Gasteiger partial charge in [0.2, 0.25) is 0 Å². The molecule has 3 heteroatoms. The highest BCUT2D eigenvalue weighted by Gasteiger charge is 2.32. The summed E-state index contributed by atoms with van der Waals surface area (Å²) in [5.74, 6) is 0.916. The van der Waals surface area contributed by atoms with E-state index in [9.17, 15) is 0 Å². The van der Waals surface area contributed by atoms with E-state index >= 15 is 0 Å². The first-order valence-electron chi connectivity index (χ1n) is 6.91. The zero-order chi connectivity index (χ0) is 11.5. The normalized spacial score (nSPS) is 27.6. The number of nitrogens with zero attached hydrogens (tertiary/aromatic N) is 1. The molecule has 100 valence electrons. The van der Waals surface area contributed by atoms with Gasteiger partial charge >= 0.3 is 0 Å². The number of benzene rings is 1. The SMILES string of the molecule is Cl.c1ccc(CCN2CCC3NCCC3C2)cc1. The Morgan fingerprint density at radius 1 is 1.17 bits per heavy atom. The second kappa shape index (κ2) is 6.55. The minimum absolute atomic E-state index is 0. The van der Waals surface area contributed by atoms with E-state index in [1.54, 1.807) is 0 Å². The van der Waals surface area contributed by atoms with Crippen molar-refractivity contribution in [2.75, 3.05) is 26.2 Å². The Balaban J connectivity index is 0.00000120. The summed E-state index contributed by atoms with van der Waals surface area (Å²) in [6, 6.07) is 11.7. The van der Waals surface area contributed by atoms with Gasteiger partial charge in [-0.05, 0) is 43.8 Å². The molecule has 0 radical (unpaired) electrons. The van der Waals surface area contributed by atoms with Crippen LogP contribution in [0.25, 0.3) is 0 Å². The molecule has 18 heavy (non-hydrogen) atoms. The smallest absolute Gasteiger partial charge is 0.0120 e. The molecule has 2 atom stereocenters. The summed E-state index contributed by atoms with van der Waals surface area (Å²) in [6.45, 7) is 5.06. The maximum absolute atomic E-state index is 3.63. The van der Waals surface area contributed by atoms with Gasteiger partial charge in [-0.15, -0.1) is 12.4 Å². The van der Waals surface area contributed by atoms with Crippen molar-refractivity contribution in [2.24, 2.45) is 5.92 Å². The van der Waals surface area contributed by atoms with E-state index in [1.165, 1.54) is 51.0 Å². The molecule has 3 rings (SSSR count). The maximum atomic E-state index is 3.63. The highest BCUT2D eigenvalue weighted by molar-refractivity contribution is 5.85. The molecule has 2 heterocycles. The van der Waals surface area contributed by atoms with Crippen molar-refractivity contribution in [2.45, 2.75) is 25.3 Å². The van der Waals surface area contributed by atoms with Crippen molar-refractivity contribution in [1.29, 1.82) is 0 Å². The topological polar surface area (TPSA) is 15.3 Å². The van der Waals surface area contributed by atoms with Crippen molar-refractivity contribution in [3.05, 3.63) is 35.9 Å². The molecule has 2 aliphatic heterocycles. The van der Waals surface area contributed by atoms with Gasteiger partial charge in [0.15, 0.2) is 0 Å². The van der Waals surface area contributed by atoms with Gasteiger partial charge in [-0.25, -0.2) is 0 Å². The summed E-state index contributed by atoms with van der Waals surface area (Å²) in [6.07, 6.45) is 3.93. The summed E-state index contributed by atoms with van der Waals surface area (Å²) in [5.41, 5.74) is 1.47. The maximum Gasteiger partial charge on any atom is 0.0120 e. The lowest BCUT2D eigenvalue weighted by Crippen LogP contribution is -2.44. The Hall–Kier alpha value is -0.570. The van der Waals surface area contributed by atoms with Crippen LogP contribution in [0.1, 0.15) is 18.4 Å². The molecular weight excluding hydrogens is 244 g/mol. The van der Waals surface area contributed by atoms with Crippen molar-refractivity contribution >= 4 is 12.4 Å². The third-order valence-electron chi connectivity index (χ3n) is 4.30. The first kappa shape index (κ1) is 13.9. The predicted octanol–water partition coefficient (Wildman–Crippen LogP) is 2.33. The van der Waals surface area contributed by atoms with E-state index in [0.29, 0.717) is 0 Å². The lowest BCUT2D eigenvalue weighted by Gasteiger charge is -2.34. The van der Waals surface area contributed by atoms with Crippen LogP contribution in [0.15, 0.2) is 30.3 Å². The summed E-state index contributed by atoms with van der Waals surface area (Å²) in [7, 11) is 0. The van der Waals surface area contributed by atoms with Crippen LogP contribution in [0, 0.1) is 5.92 Å². The number of nitrogens with one attached hydrogen (secondary N) is 1. The van der Waals surface area contributed by atoms with Crippen LogP contribution in [-0.4, -0.2) is 37.1 Å². The Kier molecular flexibility index (Phi) is 5.04. The van der Waals surface area contributed by atoms with Gasteiger partial charge in [0.05, 0.1) is 0 Å². The third kappa shape index (κ3) is 3.25. The van der Waals surface area contributed by atoms with Crippen LogP contribution >= 0.6 is 12.4 Å². The minimum atomic E-state index is 0. The first-order chi connectivity index (χ1) is 8.42. The van der Waals surface area contributed by atoms with Gasteiger partial charge in [-0.2, -0.15) is 0 Å². The first-order valence-corrected chi connectivity index (χ1v) is 6.91. The molecule has 2 saturated heterocycles. The zero-order valence-corrected chi connectivity index (χ0v) is 11.7. The predicted molar refractivity (Wildman–Crippen MR) is 78.3 cm³/mol. The van der Waals surface area contributed by atoms with Crippen LogP contribution in [-0.2, 0) is 6.42 Å². The van der Waals surface area contributed by atoms with E-state index in [4.69, 9.17) is 0 Å². The van der Waals surface area contributed by atoms with Crippen molar-refractivity contribution in [1.82, 2.24) is 10.2 Å². The van der Waals surface area contributed by atoms with Crippen LogP contribution in [0.3, 0.4) is 0 Å². The van der Waals surface area contributed by atoms with Crippen LogP contribution in [0.2, 0.25) is 0 Å². The van der Waals surface area contributed by atoms with Crippen LogP contribution < -0.4 is 5.32 Å². The number of piperidine rings is 1. The van der Waals surface area contributed by atoms with E-state index in [-0.39, 0.29) is 12.4 Å². The second-order valence-corrected chi connectivity index (χ2v) is 5.43. The number of hydrogen-bond donors (Lipinski definition) is 1. The zero-order valence-electron chi connectivity index (χ0n) is 10.8. The van der Waals surface area contributed by atoms with Crippen LogP contribution in [0.5, 0.6) is 0 Å². The summed E-state index contributed by atoms with van der Waals surface area (Å²) in [5, 5.41) is 3.63. The lowest BCUT2D eigenvalue weighted by molar-refractivity contribution is 0.164. The molecular formula is C15H23ClN2. The molecule has 0 saturated carbocycles. The molecule has 0 spiro atoms. The van der Waals surface area contributed by atoms with Gasteiger partial charge in [0, 0.05) is 19.1 Å². The van der Waals surface area contributed by atoms with E-state index in [0.717, 1.165) is 12.0 Å². The highest BCUT2D eigenvalue weighted by atomic mass is 35.5. The largest absolute Gasteiger partial charge is 0.314 e. The van der Waals surface area contributed by atoms with Gasteiger partial charge < -0.3 is 10.2 Å². The number of fused-ring (bicyclic) bond motifs is 1. The number of likely N-dealkylation sites (tertiary alicyclic amines) is 1. The van der Waals surface area contributed by atoms with Crippen LogP contribution in [0.4, 0.5) is 0 Å². The number of hydrogen-bond acceptors (Lipinski definition) is 2. The molecule has 2 aliphatic rings. The van der Waals surface area contributed by atoms with Crippen molar-refractivity contribution < 1.29 is 0 Å². The average Bonchev–Trinajstić information content (AvgIpc) is 2.85. The Morgan fingerprint density at radius 3 is 2.83 bits per heavy atom. The summed E-state index contributed by atoms with van der Waals surface area (Å²) >= 11 is 0.